The number of hydrogen-bond acceptors (Lipinski definition) is 4. The molecule has 0 aliphatic carbocycles. The summed E-state index contributed by atoms with van der Waals surface area (Å²) in [7, 11) is 0. The van der Waals surface area contributed by atoms with Gasteiger partial charge >= 0.3 is 5.97 Å². The Labute approximate surface area is 118 Å². The number of thiazole rings is 1. The Morgan fingerprint density at radius 2 is 2.11 bits per heavy atom. The molecule has 5 heteroatoms. The van der Waals surface area contributed by atoms with E-state index in [0.717, 1.165) is 35.8 Å². The summed E-state index contributed by atoms with van der Waals surface area (Å²) in [4.78, 5) is 18.3. The van der Waals surface area contributed by atoms with Gasteiger partial charge in [-0.3, -0.25) is 0 Å². The van der Waals surface area contributed by atoms with E-state index in [2.05, 4.69) is 23.7 Å². The summed E-state index contributed by atoms with van der Waals surface area (Å²) in [5, 5.41) is 10.1. The molecule has 1 aliphatic heterocycles. The molecule has 0 aromatic carbocycles. The van der Waals surface area contributed by atoms with Gasteiger partial charge in [-0.2, -0.15) is 0 Å². The molecule has 0 atom stereocenters. The Kier molecular flexibility index (Phi) is 4.45. The topological polar surface area (TPSA) is 53.4 Å². The maximum atomic E-state index is 11.2. The van der Waals surface area contributed by atoms with Crippen molar-refractivity contribution in [3.8, 4) is 0 Å². The average molecular weight is 282 g/mol. The molecule has 19 heavy (non-hydrogen) atoms. The summed E-state index contributed by atoms with van der Waals surface area (Å²) in [6.45, 7) is 8.51. The minimum absolute atomic E-state index is 0.406. The Morgan fingerprint density at radius 3 is 2.53 bits per heavy atom. The Bertz CT molecular complexity index is 448. The van der Waals surface area contributed by atoms with E-state index in [1.54, 1.807) is 0 Å². The predicted octanol–water partition coefficient (Wildman–Crippen LogP) is 3.28. The number of rotatable bonds is 4. The SMILES string of the molecule is CCc1nc(N2CCC(C(C)C)CC2)sc1C(=O)O. The fourth-order valence-corrected chi connectivity index (χ4v) is 3.68. The van der Waals surface area contributed by atoms with Crippen molar-refractivity contribution in [2.24, 2.45) is 11.8 Å². The largest absolute Gasteiger partial charge is 0.477 e. The minimum Gasteiger partial charge on any atom is -0.477 e. The first-order chi connectivity index (χ1) is 9.02. The van der Waals surface area contributed by atoms with Crippen LogP contribution in [0.2, 0.25) is 0 Å². The second kappa shape index (κ2) is 5.90. The quantitative estimate of drug-likeness (QED) is 0.921. The van der Waals surface area contributed by atoms with Crippen LogP contribution in [0.25, 0.3) is 0 Å². The molecule has 0 radical (unpaired) electrons. The molecule has 0 spiro atoms. The van der Waals surface area contributed by atoms with Crippen molar-refractivity contribution in [1.82, 2.24) is 4.98 Å². The normalized spacial score (nSPS) is 17.2. The molecular formula is C14H22N2O2S. The first-order valence-electron chi connectivity index (χ1n) is 7.00. The first kappa shape index (κ1) is 14.3. The van der Waals surface area contributed by atoms with Crippen LogP contribution in [-0.4, -0.2) is 29.1 Å². The molecule has 0 saturated carbocycles. The van der Waals surface area contributed by atoms with Crippen LogP contribution in [0.15, 0.2) is 0 Å². The van der Waals surface area contributed by atoms with Crippen LogP contribution in [0.5, 0.6) is 0 Å². The monoisotopic (exact) mass is 282 g/mol. The van der Waals surface area contributed by atoms with Gasteiger partial charge in [0.05, 0.1) is 5.69 Å². The zero-order valence-electron chi connectivity index (χ0n) is 11.8. The standard InChI is InChI=1S/C14H22N2O2S/c1-4-11-12(13(17)18)19-14(15-11)16-7-5-10(6-8-16)9(2)3/h9-10H,4-8H2,1-3H3,(H,17,18). The highest BCUT2D eigenvalue weighted by Crippen LogP contribution is 2.32. The van der Waals surface area contributed by atoms with Gasteiger partial charge in [-0.15, -0.1) is 0 Å². The molecule has 1 aromatic rings. The van der Waals surface area contributed by atoms with Crippen molar-refractivity contribution in [3.05, 3.63) is 10.6 Å². The van der Waals surface area contributed by atoms with E-state index in [-0.39, 0.29) is 0 Å². The molecule has 2 heterocycles. The third kappa shape index (κ3) is 3.08. The van der Waals surface area contributed by atoms with Crippen molar-refractivity contribution in [2.45, 2.75) is 40.0 Å². The second-order valence-corrected chi connectivity index (χ2v) is 6.48. The maximum absolute atomic E-state index is 11.2. The lowest BCUT2D eigenvalue weighted by Gasteiger charge is -2.33. The Balaban J connectivity index is 2.09. The number of hydrogen-bond donors (Lipinski definition) is 1. The number of carboxylic acids is 1. The lowest BCUT2D eigenvalue weighted by molar-refractivity contribution is 0.0701. The van der Waals surface area contributed by atoms with Crippen LogP contribution >= 0.6 is 11.3 Å². The molecule has 1 fully saturated rings. The lowest BCUT2D eigenvalue weighted by atomic mass is 9.87. The van der Waals surface area contributed by atoms with E-state index in [9.17, 15) is 9.90 Å². The third-order valence-electron chi connectivity index (χ3n) is 3.97. The zero-order valence-corrected chi connectivity index (χ0v) is 12.7. The summed E-state index contributed by atoms with van der Waals surface area (Å²) < 4.78 is 0. The Hall–Kier alpha value is -1.10. The van der Waals surface area contributed by atoms with Gasteiger partial charge in [-0.25, -0.2) is 9.78 Å². The van der Waals surface area contributed by atoms with Crippen molar-refractivity contribution < 1.29 is 9.90 Å². The lowest BCUT2D eigenvalue weighted by Crippen LogP contribution is -2.35. The molecular weight excluding hydrogens is 260 g/mol. The summed E-state index contributed by atoms with van der Waals surface area (Å²) >= 11 is 1.32. The van der Waals surface area contributed by atoms with Gasteiger partial charge in [-0.05, 0) is 31.1 Å². The van der Waals surface area contributed by atoms with Crippen LogP contribution in [-0.2, 0) is 6.42 Å². The van der Waals surface area contributed by atoms with Gasteiger partial charge in [0.1, 0.15) is 4.88 Å². The summed E-state index contributed by atoms with van der Waals surface area (Å²) in [6, 6.07) is 0. The van der Waals surface area contributed by atoms with E-state index in [1.807, 2.05) is 6.92 Å². The predicted molar refractivity (Wildman–Crippen MR) is 78.2 cm³/mol. The van der Waals surface area contributed by atoms with Crippen molar-refractivity contribution >= 4 is 22.4 Å². The molecule has 1 aromatic heterocycles. The number of aryl methyl sites for hydroxylation is 1. The fourth-order valence-electron chi connectivity index (χ4n) is 2.64. The van der Waals surface area contributed by atoms with E-state index in [1.165, 1.54) is 24.2 Å². The molecule has 1 saturated heterocycles. The van der Waals surface area contributed by atoms with Gasteiger partial charge in [0.15, 0.2) is 5.13 Å². The second-order valence-electron chi connectivity index (χ2n) is 5.50. The molecule has 1 N–H and O–H groups in total. The zero-order chi connectivity index (χ0) is 14.0. The van der Waals surface area contributed by atoms with Crippen LogP contribution in [0.3, 0.4) is 0 Å². The molecule has 4 nitrogen and oxygen atoms in total. The van der Waals surface area contributed by atoms with E-state index >= 15 is 0 Å². The molecule has 0 bridgehead atoms. The highest BCUT2D eigenvalue weighted by molar-refractivity contribution is 7.17. The summed E-state index contributed by atoms with van der Waals surface area (Å²) in [5.74, 6) is 0.678. The highest BCUT2D eigenvalue weighted by atomic mass is 32.1. The maximum Gasteiger partial charge on any atom is 0.347 e. The third-order valence-corrected chi connectivity index (χ3v) is 5.11. The first-order valence-corrected chi connectivity index (χ1v) is 7.82. The molecule has 0 amide bonds. The molecule has 1 aliphatic rings. The number of piperidine rings is 1. The smallest absolute Gasteiger partial charge is 0.347 e. The van der Waals surface area contributed by atoms with Gasteiger partial charge < -0.3 is 10.0 Å². The van der Waals surface area contributed by atoms with Gasteiger partial charge in [0, 0.05) is 13.1 Å². The molecule has 2 rings (SSSR count). The minimum atomic E-state index is -0.849. The van der Waals surface area contributed by atoms with Gasteiger partial charge in [-0.1, -0.05) is 32.1 Å². The van der Waals surface area contributed by atoms with Crippen LogP contribution in [0.1, 0.15) is 49.0 Å². The van der Waals surface area contributed by atoms with Crippen LogP contribution < -0.4 is 4.90 Å². The molecule has 0 unspecified atom stereocenters. The number of nitrogens with zero attached hydrogens (tertiary/aromatic N) is 2. The van der Waals surface area contributed by atoms with E-state index in [0.29, 0.717) is 11.3 Å². The molecule has 106 valence electrons. The van der Waals surface area contributed by atoms with E-state index < -0.39 is 5.97 Å². The summed E-state index contributed by atoms with van der Waals surface area (Å²) in [5.41, 5.74) is 0.721. The number of carboxylic acid groups (broad SMARTS) is 1. The van der Waals surface area contributed by atoms with E-state index in [4.69, 9.17) is 0 Å². The highest BCUT2D eigenvalue weighted by Gasteiger charge is 2.25. The number of carbonyl (C=O) groups is 1. The van der Waals surface area contributed by atoms with Crippen molar-refractivity contribution in [3.63, 3.8) is 0 Å². The van der Waals surface area contributed by atoms with Crippen LogP contribution in [0, 0.1) is 11.8 Å². The Morgan fingerprint density at radius 1 is 1.47 bits per heavy atom. The van der Waals surface area contributed by atoms with Gasteiger partial charge in [0.25, 0.3) is 0 Å². The van der Waals surface area contributed by atoms with Gasteiger partial charge in [0.2, 0.25) is 0 Å². The summed E-state index contributed by atoms with van der Waals surface area (Å²) in [6.07, 6.45) is 3.04. The fraction of sp³-hybridized carbons (Fsp3) is 0.714. The number of aromatic nitrogens is 1. The number of aromatic carboxylic acids is 1. The van der Waals surface area contributed by atoms with Crippen molar-refractivity contribution in [2.75, 3.05) is 18.0 Å². The van der Waals surface area contributed by atoms with Crippen LogP contribution in [0.4, 0.5) is 5.13 Å². The average Bonchev–Trinajstić information content (AvgIpc) is 2.83. The number of anilines is 1. The van der Waals surface area contributed by atoms with Crippen molar-refractivity contribution in [1.29, 1.82) is 0 Å².